The Morgan fingerprint density at radius 1 is 1.20 bits per heavy atom. The Morgan fingerprint density at radius 2 is 1.90 bits per heavy atom. The van der Waals surface area contributed by atoms with E-state index in [0.29, 0.717) is 11.3 Å². The molecule has 2 unspecified atom stereocenters. The highest BCUT2D eigenvalue weighted by atomic mass is 16.5. The summed E-state index contributed by atoms with van der Waals surface area (Å²) < 4.78 is 5.20. The van der Waals surface area contributed by atoms with Crippen LogP contribution < -0.4 is 4.74 Å². The minimum Gasteiger partial charge on any atom is -0.511 e. The molecule has 3 nitrogen and oxygen atoms in total. The number of aryl methyl sites for hydroxylation is 1. The van der Waals surface area contributed by atoms with E-state index >= 15 is 0 Å². The van der Waals surface area contributed by atoms with Crippen LogP contribution in [0.5, 0.6) is 5.75 Å². The zero-order valence-electron chi connectivity index (χ0n) is 12.0. The molecule has 3 rings (SSSR count). The van der Waals surface area contributed by atoms with Crippen LogP contribution in [0, 0.1) is 18.8 Å². The first-order valence-corrected chi connectivity index (χ1v) is 7.26. The highest BCUT2D eigenvalue weighted by Gasteiger charge is 2.43. The van der Waals surface area contributed by atoms with E-state index in [0.717, 1.165) is 42.6 Å². The van der Waals surface area contributed by atoms with Crippen molar-refractivity contribution in [1.29, 1.82) is 0 Å². The van der Waals surface area contributed by atoms with Gasteiger partial charge in [0.1, 0.15) is 11.5 Å². The van der Waals surface area contributed by atoms with Gasteiger partial charge in [-0.1, -0.05) is 18.9 Å². The van der Waals surface area contributed by atoms with Crippen molar-refractivity contribution >= 4 is 11.4 Å². The molecule has 0 amide bonds. The number of aliphatic hydroxyl groups excluding tert-OH is 1. The highest BCUT2D eigenvalue weighted by Crippen LogP contribution is 2.46. The molecule has 0 radical (unpaired) electrons. The predicted octanol–water partition coefficient (Wildman–Crippen LogP) is 3.66. The van der Waals surface area contributed by atoms with E-state index in [4.69, 9.17) is 4.74 Å². The van der Waals surface area contributed by atoms with Gasteiger partial charge in [0.2, 0.25) is 0 Å². The molecule has 1 aromatic rings. The molecule has 0 saturated heterocycles. The van der Waals surface area contributed by atoms with E-state index in [1.54, 1.807) is 7.11 Å². The second kappa shape index (κ2) is 4.97. The molecular weight excluding hydrogens is 252 g/mol. The molecule has 3 heteroatoms. The number of ketones is 1. The van der Waals surface area contributed by atoms with E-state index in [9.17, 15) is 9.90 Å². The fourth-order valence-corrected chi connectivity index (χ4v) is 3.58. The molecular formula is C17H20O3. The summed E-state index contributed by atoms with van der Waals surface area (Å²) in [4.78, 5) is 12.6. The number of rotatable bonds is 2. The molecule has 0 aromatic heterocycles. The van der Waals surface area contributed by atoms with Crippen molar-refractivity contribution in [3.63, 3.8) is 0 Å². The van der Waals surface area contributed by atoms with Gasteiger partial charge >= 0.3 is 0 Å². The standard InChI is InChI=1S/C17H20O3/c1-10-9-11(20-2)7-8-12(10)15-16(18)13-5-3-4-6-14(13)17(15)19/h7-9,13-14,18H,3-6H2,1-2H3. The number of allylic oxidation sites excluding steroid dienone is 2. The Balaban J connectivity index is 2.04. The first kappa shape index (κ1) is 13.2. The molecule has 20 heavy (non-hydrogen) atoms. The topological polar surface area (TPSA) is 46.5 Å². The lowest BCUT2D eigenvalue weighted by atomic mass is 9.80. The lowest BCUT2D eigenvalue weighted by Crippen LogP contribution is -2.21. The lowest BCUT2D eigenvalue weighted by Gasteiger charge is -2.23. The molecule has 1 N–H and O–H groups in total. The number of fused-ring (bicyclic) bond motifs is 1. The highest BCUT2D eigenvalue weighted by molar-refractivity contribution is 6.25. The van der Waals surface area contributed by atoms with Crippen LogP contribution in [0.3, 0.4) is 0 Å². The molecule has 1 fully saturated rings. The van der Waals surface area contributed by atoms with Crippen molar-refractivity contribution in [3.05, 3.63) is 35.1 Å². The maximum absolute atomic E-state index is 12.6. The fourth-order valence-electron chi connectivity index (χ4n) is 3.58. The van der Waals surface area contributed by atoms with Gasteiger partial charge < -0.3 is 9.84 Å². The van der Waals surface area contributed by atoms with Crippen LogP contribution in [0.1, 0.15) is 36.8 Å². The Hall–Kier alpha value is -1.77. The van der Waals surface area contributed by atoms with Crippen molar-refractivity contribution in [1.82, 2.24) is 0 Å². The molecule has 2 aliphatic carbocycles. The number of hydrogen-bond acceptors (Lipinski definition) is 3. The Bertz CT molecular complexity index is 586. The Labute approximate surface area is 119 Å². The summed E-state index contributed by atoms with van der Waals surface area (Å²) in [6, 6.07) is 5.64. The molecule has 0 heterocycles. The molecule has 2 atom stereocenters. The van der Waals surface area contributed by atoms with Gasteiger partial charge in [-0.25, -0.2) is 0 Å². The maximum Gasteiger partial charge on any atom is 0.170 e. The molecule has 0 spiro atoms. The van der Waals surface area contributed by atoms with Crippen LogP contribution >= 0.6 is 0 Å². The third-order valence-corrected chi connectivity index (χ3v) is 4.66. The summed E-state index contributed by atoms with van der Waals surface area (Å²) in [5.41, 5.74) is 2.36. The minimum atomic E-state index is 0.000233. The Kier molecular flexibility index (Phi) is 3.28. The molecule has 106 valence electrons. The number of ether oxygens (including phenoxy) is 1. The average molecular weight is 272 g/mol. The minimum absolute atomic E-state index is 0.000233. The van der Waals surface area contributed by atoms with Crippen LogP contribution in [0.4, 0.5) is 0 Å². The molecule has 1 saturated carbocycles. The predicted molar refractivity (Wildman–Crippen MR) is 77.7 cm³/mol. The van der Waals surface area contributed by atoms with Crippen LogP contribution in [0.25, 0.3) is 5.57 Å². The number of benzene rings is 1. The Morgan fingerprint density at radius 3 is 2.50 bits per heavy atom. The second-order valence-electron chi connectivity index (χ2n) is 5.80. The normalized spacial score (nSPS) is 25.8. The summed E-state index contributed by atoms with van der Waals surface area (Å²) in [5.74, 6) is 1.26. The van der Waals surface area contributed by atoms with Crippen molar-refractivity contribution < 1.29 is 14.6 Å². The SMILES string of the molecule is COc1ccc(C2=C(O)C3CCCCC3C2=O)c(C)c1. The molecule has 2 aliphatic rings. The number of hydrogen-bond donors (Lipinski definition) is 1. The van der Waals surface area contributed by atoms with Crippen molar-refractivity contribution in [2.24, 2.45) is 11.8 Å². The molecule has 0 aliphatic heterocycles. The smallest absolute Gasteiger partial charge is 0.170 e. The quantitative estimate of drug-likeness (QED) is 0.893. The number of Topliss-reactive ketones (excluding diaryl/α,β-unsaturated/α-hetero) is 1. The van der Waals surface area contributed by atoms with E-state index in [2.05, 4.69) is 0 Å². The summed E-state index contributed by atoms with van der Waals surface area (Å²) in [7, 11) is 1.63. The summed E-state index contributed by atoms with van der Waals surface area (Å²) in [5, 5.41) is 10.5. The van der Waals surface area contributed by atoms with Crippen LogP contribution in [-0.4, -0.2) is 18.0 Å². The molecule has 0 bridgehead atoms. The van der Waals surface area contributed by atoms with Crippen LogP contribution in [-0.2, 0) is 4.79 Å². The van der Waals surface area contributed by atoms with E-state index < -0.39 is 0 Å². The number of carbonyl (C=O) groups is 1. The third kappa shape index (κ3) is 1.92. The first-order valence-electron chi connectivity index (χ1n) is 7.26. The zero-order chi connectivity index (χ0) is 14.3. The summed E-state index contributed by atoms with van der Waals surface area (Å²) >= 11 is 0. The monoisotopic (exact) mass is 272 g/mol. The van der Waals surface area contributed by atoms with Crippen molar-refractivity contribution in [3.8, 4) is 5.75 Å². The van der Waals surface area contributed by atoms with Gasteiger partial charge in [0.15, 0.2) is 5.78 Å². The molecule has 1 aromatic carbocycles. The average Bonchev–Trinajstić information content (AvgIpc) is 2.72. The summed E-state index contributed by atoms with van der Waals surface area (Å²) in [6.07, 6.45) is 4.04. The van der Waals surface area contributed by atoms with Gasteiger partial charge in [-0.3, -0.25) is 4.79 Å². The largest absolute Gasteiger partial charge is 0.511 e. The van der Waals surface area contributed by atoms with Gasteiger partial charge in [0.25, 0.3) is 0 Å². The zero-order valence-corrected chi connectivity index (χ0v) is 12.0. The van der Waals surface area contributed by atoms with Crippen molar-refractivity contribution in [2.75, 3.05) is 7.11 Å². The van der Waals surface area contributed by atoms with Crippen molar-refractivity contribution in [2.45, 2.75) is 32.6 Å². The fraction of sp³-hybridized carbons (Fsp3) is 0.471. The second-order valence-corrected chi connectivity index (χ2v) is 5.80. The van der Waals surface area contributed by atoms with Gasteiger partial charge in [-0.2, -0.15) is 0 Å². The van der Waals surface area contributed by atoms with E-state index in [1.807, 2.05) is 25.1 Å². The third-order valence-electron chi connectivity index (χ3n) is 4.66. The van der Waals surface area contributed by atoms with Crippen LogP contribution in [0.2, 0.25) is 0 Å². The van der Waals surface area contributed by atoms with E-state index in [-0.39, 0.29) is 17.6 Å². The van der Waals surface area contributed by atoms with Gasteiger partial charge in [-0.15, -0.1) is 0 Å². The number of methoxy groups -OCH3 is 1. The van der Waals surface area contributed by atoms with Gasteiger partial charge in [0, 0.05) is 11.8 Å². The maximum atomic E-state index is 12.6. The summed E-state index contributed by atoms with van der Waals surface area (Å²) in [6.45, 7) is 1.95. The first-order chi connectivity index (χ1) is 9.63. The van der Waals surface area contributed by atoms with Gasteiger partial charge in [-0.05, 0) is 43.0 Å². The number of carbonyl (C=O) groups excluding carboxylic acids is 1. The lowest BCUT2D eigenvalue weighted by molar-refractivity contribution is -0.118. The van der Waals surface area contributed by atoms with Gasteiger partial charge in [0.05, 0.1) is 12.7 Å². The number of aliphatic hydroxyl groups is 1. The van der Waals surface area contributed by atoms with E-state index in [1.165, 1.54) is 0 Å². The van der Waals surface area contributed by atoms with Crippen LogP contribution in [0.15, 0.2) is 24.0 Å².